The van der Waals surface area contributed by atoms with E-state index in [1.807, 2.05) is 18.2 Å². The zero-order valence-electron chi connectivity index (χ0n) is 15.0. The van der Waals surface area contributed by atoms with Crippen molar-refractivity contribution in [3.8, 4) is 0 Å². The van der Waals surface area contributed by atoms with E-state index in [1.165, 1.54) is 12.1 Å². The van der Waals surface area contributed by atoms with Crippen LogP contribution in [-0.2, 0) is 16.0 Å². The summed E-state index contributed by atoms with van der Waals surface area (Å²) in [5, 5.41) is 14.1. The highest BCUT2D eigenvalue weighted by atomic mass is 35.5. The van der Waals surface area contributed by atoms with Gasteiger partial charge in [0.1, 0.15) is 12.1 Å². The Morgan fingerprint density at radius 3 is 2.89 bits per heavy atom. The molecule has 1 amide bonds. The third-order valence-electron chi connectivity index (χ3n) is 4.36. The van der Waals surface area contributed by atoms with Crippen molar-refractivity contribution in [2.24, 2.45) is 5.92 Å². The zero-order valence-corrected chi connectivity index (χ0v) is 15.8. The number of rotatable bonds is 9. The van der Waals surface area contributed by atoms with Crippen molar-refractivity contribution in [1.29, 1.82) is 0 Å². The van der Waals surface area contributed by atoms with Gasteiger partial charge >= 0.3 is 0 Å². The van der Waals surface area contributed by atoms with E-state index in [9.17, 15) is 14.0 Å². The maximum absolute atomic E-state index is 13.3. The van der Waals surface area contributed by atoms with E-state index in [-0.39, 0.29) is 5.91 Å². The minimum atomic E-state index is -0.749. The highest BCUT2D eigenvalue weighted by Crippen LogP contribution is 2.17. The molecule has 3 aromatic rings. The number of amides is 1. The van der Waals surface area contributed by atoms with Crippen molar-refractivity contribution in [2.45, 2.75) is 12.8 Å². The molecule has 2 aromatic carbocycles. The molecule has 1 aromatic heterocycles. The molecule has 6 nitrogen and oxygen atoms in total. The molecule has 8 heteroatoms. The van der Waals surface area contributed by atoms with Crippen molar-refractivity contribution in [3.05, 3.63) is 59.0 Å². The summed E-state index contributed by atoms with van der Waals surface area (Å²) in [6.07, 6.45) is 3.17. The molecule has 1 heterocycles. The van der Waals surface area contributed by atoms with E-state index in [2.05, 4.69) is 20.8 Å². The molecule has 28 heavy (non-hydrogen) atoms. The van der Waals surface area contributed by atoms with Crippen LogP contribution in [0.2, 0.25) is 5.02 Å². The fourth-order valence-electron chi connectivity index (χ4n) is 2.90. The van der Waals surface area contributed by atoms with Gasteiger partial charge in [-0.1, -0.05) is 11.6 Å². The third-order valence-corrected chi connectivity index (χ3v) is 4.58. The van der Waals surface area contributed by atoms with Gasteiger partial charge in [-0.25, -0.2) is 4.39 Å². The number of hydrogen-bond acceptors (Lipinski definition) is 4. The van der Waals surface area contributed by atoms with E-state index in [0.29, 0.717) is 42.8 Å². The average Bonchev–Trinajstić information content (AvgIpc) is 3.12. The second-order valence-corrected chi connectivity index (χ2v) is 6.89. The van der Waals surface area contributed by atoms with E-state index >= 15 is 0 Å². The van der Waals surface area contributed by atoms with Crippen LogP contribution in [0.15, 0.2) is 42.6 Å². The molecule has 0 bridgehead atoms. The summed E-state index contributed by atoms with van der Waals surface area (Å²) in [6.45, 7) is 0.771. The number of halogens is 2. The van der Waals surface area contributed by atoms with Gasteiger partial charge in [-0.3, -0.25) is 9.89 Å². The van der Waals surface area contributed by atoms with Gasteiger partial charge in [-0.2, -0.15) is 5.10 Å². The van der Waals surface area contributed by atoms with Gasteiger partial charge in [0.15, 0.2) is 0 Å². The van der Waals surface area contributed by atoms with Gasteiger partial charge in [0, 0.05) is 29.2 Å². The first-order valence-corrected chi connectivity index (χ1v) is 9.28. The van der Waals surface area contributed by atoms with E-state index in [1.54, 1.807) is 12.3 Å². The van der Waals surface area contributed by atoms with Crippen LogP contribution in [0.25, 0.3) is 10.9 Å². The first-order valence-electron chi connectivity index (χ1n) is 8.90. The molecule has 0 aliphatic rings. The number of hydrogen-bond donors (Lipinski definition) is 3. The summed E-state index contributed by atoms with van der Waals surface area (Å²) in [4.78, 5) is 23.5. The van der Waals surface area contributed by atoms with E-state index in [4.69, 9.17) is 11.6 Å². The number of carbonyl (C=O) groups excluding carboxylic acids is 2. The van der Waals surface area contributed by atoms with Crippen LogP contribution in [-0.4, -0.2) is 35.5 Å². The number of nitrogens with zero attached hydrogens (tertiary/aromatic N) is 1. The van der Waals surface area contributed by atoms with Crippen LogP contribution in [0, 0.1) is 11.7 Å². The molecule has 146 valence electrons. The van der Waals surface area contributed by atoms with Crippen LogP contribution >= 0.6 is 11.6 Å². The summed E-state index contributed by atoms with van der Waals surface area (Å²) >= 11 is 5.81. The number of aldehydes is 1. The fraction of sp³-hybridized carbons (Fsp3) is 0.250. The number of H-pyrrole nitrogens is 1. The summed E-state index contributed by atoms with van der Waals surface area (Å²) < 4.78 is 13.3. The third kappa shape index (κ3) is 5.29. The SMILES string of the molecule is O=CC(CCNc1ccc2[nH]ncc2c1)C(=O)NCCc1cc(F)cc(Cl)c1. The molecular weight excluding hydrogens is 383 g/mol. The maximum Gasteiger partial charge on any atom is 0.230 e. The van der Waals surface area contributed by atoms with Gasteiger partial charge in [-0.15, -0.1) is 0 Å². The Kier molecular flexibility index (Phi) is 6.60. The zero-order chi connectivity index (χ0) is 19.9. The fourth-order valence-corrected chi connectivity index (χ4v) is 3.15. The van der Waals surface area contributed by atoms with Gasteiger partial charge in [0.25, 0.3) is 0 Å². The largest absolute Gasteiger partial charge is 0.385 e. The standard InChI is InChI=1S/C20H20ClFN4O2/c21-16-7-13(8-17(22)10-16)3-5-24-20(28)14(12-27)4-6-23-18-1-2-19-15(9-18)11-25-26-19/h1-2,7-12,14,23H,3-6H2,(H,24,28)(H,25,26). The van der Waals surface area contributed by atoms with Crippen LogP contribution in [0.1, 0.15) is 12.0 Å². The number of nitrogens with one attached hydrogen (secondary N) is 3. The van der Waals surface area contributed by atoms with Crippen LogP contribution in [0.3, 0.4) is 0 Å². The molecule has 1 atom stereocenters. The quantitative estimate of drug-likeness (QED) is 0.378. The lowest BCUT2D eigenvalue weighted by Crippen LogP contribution is -2.34. The highest BCUT2D eigenvalue weighted by molar-refractivity contribution is 6.30. The molecule has 3 rings (SSSR count). The lowest BCUT2D eigenvalue weighted by atomic mass is 10.1. The van der Waals surface area contributed by atoms with Gasteiger partial charge in [0.05, 0.1) is 17.6 Å². The van der Waals surface area contributed by atoms with E-state index in [0.717, 1.165) is 16.6 Å². The van der Waals surface area contributed by atoms with Crippen LogP contribution in [0.4, 0.5) is 10.1 Å². The Labute approximate surface area is 166 Å². The van der Waals surface area contributed by atoms with Gasteiger partial charge in [-0.05, 0) is 54.8 Å². The predicted molar refractivity (Wildman–Crippen MR) is 107 cm³/mol. The number of aromatic amines is 1. The van der Waals surface area contributed by atoms with Crippen molar-refractivity contribution >= 4 is 40.4 Å². The topological polar surface area (TPSA) is 86.9 Å². The van der Waals surface area contributed by atoms with Gasteiger partial charge in [0.2, 0.25) is 5.91 Å². The Bertz CT molecular complexity index is 955. The number of carbonyl (C=O) groups is 2. The molecule has 1 unspecified atom stereocenters. The van der Waals surface area contributed by atoms with Crippen molar-refractivity contribution in [1.82, 2.24) is 15.5 Å². The molecular formula is C20H20ClFN4O2. The van der Waals surface area contributed by atoms with E-state index < -0.39 is 11.7 Å². The molecule has 0 aliphatic carbocycles. The second-order valence-electron chi connectivity index (χ2n) is 6.45. The van der Waals surface area contributed by atoms with Crippen molar-refractivity contribution in [3.63, 3.8) is 0 Å². The number of fused-ring (bicyclic) bond motifs is 1. The Morgan fingerprint density at radius 2 is 2.11 bits per heavy atom. The minimum absolute atomic E-state index is 0.299. The maximum atomic E-state index is 13.3. The van der Waals surface area contributed by atoms with Crippen molar-refractivity contribution in [2.75, 3.05) is 18.4 Å². The molecule has 0 aliphatic heterocycles. The molecule has 0 radical (unpaired) electrons. The smallest absolute Gasteiger partial charge is 0.230 e. The summed E-state index contributed by atoms with van der Waals surface area (Å²) in [6, 6.07) is 10.0. The number of aromatic nitrogens is 2. The number of anilines is 1. The molecule has 0 fully saturated rings. The lowest BCUT2D eigenvalue weighted by Gasteiger charge is -2.13. The summed E-state index contributed by atoms with van der Waals surface area (Å²) in [7, 11) is 0. The number of benzene rings is 2. The Hall–Kier alpha value is -2.93. The molecule has 0 saturated carbocycles. The molecule has 0 saturated heterocycles. The summed E-state index contributed by atoms with van der Waals surface area (Å²) in [5.41, 5.74) is 2.52. The Balaban J connectivity index is 1.44. The predicted octanol–water partition coefficient (Wildman–Crippen LogP) is 3.33. The average molecular weight is 403 g/mol. The van der Waals surface area contributed by atoms with Gasteiger partial charge < -0.3 is 15.4 Å². The minimum Gasteiger partial charge on any atom is -0.385 e. The normalized spacial score (nSPS) is 11.9. The lowest BCUT2D eigenvalue weighted by molar-refractivity contribution is -0.129. The summed E-state index contributed by atoms with van der Waals surface area (Å²) in [5.74, 6) is -1.51. The van der Waals surface area contributed by atoms with Crippen LogP contribution in [0.5, 0.6) is 0 Å². The molecule has 0 spiro atoms. The van der Waals surface area contributed by atoms with Crippen molar-refractivity contribution < 1.29 is 14.0 Å². The monoisotopic (exact) mass is 402 g/mol. The first kappa shape index (κ1) is 19.8. The highest BCUT2D eigenvalue weighted by Gasteiger charge is 2.16. The first-order chi connectivity index (χ1) is 13.5. The van der Waals surface area contributed by atoms with Crippen LogP contribution < -0.4 is 10.6 Å². The Morgan fingerprint density at radius 1 is 1.25 bits per heavy atom. The molecule has 3 N–H and O–H groups in total. The second kappa shape index (κ2) is 9.32.